The Bertz CT molecular complexity index is 716. The predicted octanol–water partition coefficient (Wildman–Crippen LogP) is 2.68. The van der Waals surface area contributed by atoms with Gasteiger partial charge in [-0.05, 0) is 50.3 Å². The monoisotopic (exact) mass is 326 g/mol. The van der Waals surface area contributed by atoms with E-state index >= 15 is 0 Å². The zero-order chi connectivity index (χ0) is 16.9. The molecular formula is C19H26N4O. The van der Waals surface area contributed by atoms with Gasteiger partial charge in [-0.1, -0.05) is 12.5 Å². The second kappa shape index (κ2) is 7.62. The fourth-order valence-electron chi connectivity index (χ4n) is 3.65. The molecule has 1 saturated heterocycles. The molecule has 1 fully saturated rings. The number of piperidine rings is 1. The smallest absolute Gasteiger partial charge is 0.248 e. The van der Waals surface area contributed by atoms with Crippen LogP contribution < -0.4 is 16.4 Å². The van der Waals surface area contributed by atoms with Gasteiger partial charge < -0.3 is 16.4 Å². The van der Waals surface area contributed by atoms with E-state index in [1.807, 2.05) is 24.5 Å². The normalized spacial score (nSPS) is 18.0. The molecule has 1 unspecified atom stereocenters. The van der Waals surface area contributed by atoms with Crippen LogP contribution in [0.1, 0.15) is 42.5 Å². The first-order chi connectivity index (χ1) is 11.7. The Morgan fingerprint density at radius 2 is 2.17 bits per heavy atom. The summed E-state index contributed by atoms with van der Waals surface area (Å²) in [5, 5.41) is 2.10. The second-order valence-electron chi connectivity index (χ2n) is 6.70. The van der Waals surface area contributed by atoms with Crippen molar-refractivity contribution in [3.63, 3.8) is 0 Å². The number of nitrogens with zero attached hydrogens (tertiary/aromatic N) is 2. The van der Waals surface area contributed by atoms with Gasteiger partial charge in [0.1, 0.15) is 0 Å². The van der Waals surface area contributed by atoms with Gasteiger partial charge in [0.15, 0.2) is 0 Å². The van der Waals surface area contributed by atoms with Crippen LogP contribution in [0.3, 0.4) is 0 Å². The van der Waals surface area contributed by atoms with Gasteiger partial charge in [0.05, 0.1) is 11.9 Å². The van der Waals surface area contributed by atoms with Gasteiger partial charge in [-0.25, -0.2) is 0 Å². The second-order valence-corrected chi connectivity index (χ2v) is 6.70. The van der Waals surface area contributed by atoms with E-state index in [-0.39, 0.29) is 0 Å². The van der Waals surface area contributed by atoms with Gasteiger partial charge in [-0.15, -0.1) is 0 Å². The minimum atomic E-state index is -0.391. The summed E-state index contributed by atoms with van der Waals surface area (Å²) in [4.78, 5) is 18.3. The van der Waals surface area contributed by atoms with Crippen LogP contribution >= 0.6 is 0 Å². The third kappa shape index (κ3) is 3.67. The number of anilines is 1. The highest BCUT2D eigenvalue weighted by atomic mass is 16.1. The number of primary amides is 1. The molecule has 4 N–H and O–H groups in total. The number of aromatic nitrogens is 1. The molecule has 5 heteroatoms. The molecule has 0 radical (unpaired) electrons. The molecular weight excluding hydrogens is 300 g/mol. The quantitative estimate of drug-likeness (QED) is 0.799. The van der Waals surface area contributed by atoms with E-state index in [0.29, 0.717) is 11.5 Å². The lowest BCUT2D eigenvalue weighted by Gasteiger charge is -2.35. The third-order valence-electron chi connectivity index (χ3n) is 4.95. The third-order valence-corrected chi connectivity index (χ3v) is 4.95. The van der Waals surface area contributed by atoms with Crippen molar-refractivity contribution in [2.75, 3.05) is 24.5 Å². The van der Waals surface area contributed by atoms with E-state index in [0.717, 1.165) is 42.5 Å². The summed E-state index contributed by atoms with van der Waals surface area (Å²) in [6.07, 6.45) is 9.77. The summed E-state index contributed by atoms with van der Waals surface area (Å²) in [5.74, 6) is 0.317. The zero-order valence-corrected chi connectivity index (χ0v) is 14.1. The Hall–Kier alpha value is -2.14. The van der Waals surface area contributed by atoms with Crippen molar-refractivity contribution in [2.24, 2.45) is 17.4 Å². The highest BCUT2D eigenvalue weighted by molar-refractivity contribution is 6.01. The summed E-state index contributed by atoms with van der Waals surface area (Å²) in [5.41, 5.74) is 12.7. The molecule has 0 bridgehead atoms. The largest absolute Gasteiger partial charge is 0.370 e. The summed E-state index contributed by atoms with van der Waals surface area (Å²) in [6, 6.07) is 5.59. The fraction of sp³-hybridized carbons (Fsp3) is 0.474. The summed E-state index contributed by atoms with van der Waals surface area (Å²) in [7, 11) is 0. The maximum atomic E-state index is 11.5. The maximum absolute atomic E-state index is 11.5. The van der Waals surface area contributed by atoms with E-state index in [9.17, 15) is 4.79 Å². The molecule has 0 spiro atoms. The van der Waals surface area contributed by atoms with Crippen LogP contribution in [0.25, 0.3) is 10.8 Å². The van der Waals surface area contributed by atoms with Crippen molar-refractivity contribution >= 4 is 22.4 Å². The van der Waals surface area contributed by atoms with Crippen LogP contribution in [0.2, 0.25) is 0 Å². The summed E-state index contributed by atoms with van der Waals surface area (Å²) in [6.45, 7) is 2.86. The Labute approximate surface area is 143 Å². The number of fused-ring (bicyclic) bond motifs is 1. The number of nitrogens with two attached hydrogens (primary N) is 2. The Kier molecular flexibility index (Phi) is 5.30. The SMILES string of the molecule is NCCCCC1CCCN(c2cncc3ccc(C(N)=O)cc23)C1. The number of hydrogen-bond donors (Lipinski definition) is 2. The highest BCUT2D eigenvalue weighted by Gasteiger charge is 2.21. The van der Waals surface area contributed by atoms with Crippen molar-refractivity contribution in [3.05, 3.63) is 36.2 Å². The minimum absolute atomic E-state index is 0.391. The topological polar surface area (TPSA) is 85.2 Å². The van der Waals surface area contributed by atoms with Crippen LogP contribution in [-0.2, 0) is 0 Å². The first-order valence-corrected chi connectivity index (χ1v) is 8.81. The van der Waals surface area contributed by atoms with Gasteiger partial charge >= 0.3 is 0 Å². The van der Waals surface area contributed by atoms with Crippen LogP contribution in [0.15, 0.2) is 30.6 Å². The van der Waals surface area contributed by atoms with Gasteiger partial charge in [-0.2, -0.15) is 0 Å². The molecule has 1 amide bonds. The number of amides is 1. The zero-order valence-electron chi connectivity index (χ0n) is 14.1. The molecule has 2 heterocycles. The van der Waals surface area contributed by atoms with E-state index in [2.05, 4.69) is 9.88 Å². The average Bonchev–Trinajstić information content (AvgIpc) is 2.61. The molecule has 1 aromatic heterocycles. The molecule has 1 atom stereocenters. The van der Waals surface area contributed by atoms with Crippen LogP contribution in [0.4, 0.5) is 5.69 Å². The first kappa shape index (κ1) is 16.7. The first-order valence-electron chi connectivity index (χ1n) is 8.81. The lowest BCUT2D eigenvalue weighted by molar-refractivity contribution is 0.100. The highest BCUT2D eigenvalue weighted by Crippen LogP contribution is 2.31. The van der Waals surface area contributed by atoms with Gasteiger partial charge in [0.2, 0.25) is 5.91 Å². The van der Waals surface area contributed by atoms with E-state index in [4.69, 9.17) is 11.5 Å². The predicted molar refractivity (Wildman–Crippen MR) is 98.1 cm³/mol. The standard InChI is InChI=1S/C19H26N4O/c20-8-2-1-4-14-5-3-9-23(13-14)18-12-22-11-16-7-6-15(19(21)24)10-17(16)18/h6-7,10-12,14H,1-5,8-9,13,20H2,(H2,21,24). The Morgan fingerprint density at radius 3 is 2.96 bits per heavy atom. The molecule has 1 aromatic carbocycles. The molecule has 1 aliphatic heterocycles. The maximum Gasteiger partial charge on any atom is 0.248 e. The number of rotatable bonds is 6. The van der Waals surface area contributed by atoms with Crippen molar-refractivity contribution in [1.29, 1.82) is 0 Å². The lowest BCUT2D eigenvalue weighted by Crippen LogP contribution is -2.35. The summed E-state index contributed by atoms with van der Waals surface area (Å²) >= 11 is 0. The Morgan fingerprint density at radius 1 is 1.29 bits per heavy atom. The minimum Gasteiger partial charge on any atom is -0.370 e. The average molecular weight is 326 g/mol. The molecule has 5 nitrogen and oxygen atoms in total. The van der Waals surface area contributed by atoms with Crippen LogP contribution in [-0.4, -0.2) is 30.5 Å². The van der Waals surface area contributed by atoms with Crippen molar-refractivity contribution in [3.8, 4) is 0 Å². The molecule has 24 heavy (non-hydrogen) atoms. The lowest BCUT2D eigenvalue weighted by atomic mass is 9.92. The number of hydrogen-bond acceptors (Lipinski definition) is 4. The van der Waals surface area contributed by atoms with E-state index < -0.39 is 5.91 Å². The van der Waals surface area contributed by atoms with Crippen molar-refractivity contribution in [1.82, 2.24) is 4.98 Å². The van der Waals surface area contributed by atoms with Crippen molar-refractivity contribution in [2.45, 2.75) is 32.1 Å². The number of pyridine rings is 1. The molecule has 0 saturated carbocycles. The summed E-state index contributed by atoms with van der Waals surface area (Å²) < 4.78 is 0. The molecule has 2 aromatic rings. The van der Waals surface area contributed by atoms with E-state index in [1.165, 1.54) is 25.7 Å². The van der Waals surface area contributed by atoms with Crippen molar-refractivity contribution < 1.29 is 4.79 Å². The fourth-order valence-corrected chi connectivity index (χ4v) is 3.65. The number of carbonyl (C=O) groups is 1. The molecule has 1 aliphatic rings. The number of benzene rings is 1. The molecule has 0 aliphatic carbocycles. The van der Waals surface area contributed by atoms with Crippen LogP contribution in [0.5, 0.6) is 0 Å². The van der Waals surface area contributed by atoms with Gasteiger partial charge in [-0.3, -0.25) is 9.78 Å². The van der Waals surface area contributed by atoms with Gasteiger partial charge in [0.25, 0.3) is 0 Å². The van der Waals surface area contributed by atoms with E-state index in [1.54, 1.807) is 6.07 Å². The van der Waals surface area contributed by atoms with Crippen LogP contribution in [0, 0.1) is 5.92 Å². The molecule has 128 valence electrons. The number of unbranched alkanes of at least 4 members (excludes halogenated alkanes) is 1. The number of carbonyl (C=O) groups excluding carboxylic acids is 1. The molecule has 3 rings (SSSR count). The Balaban J connectivity index is 1.85. The van der Waals surface area contributed by atoms with Gasteiger partial charge in [0, 0.05) is 35.6 Å².